The van der Waals surface area contributed by atoms with Crippen LogP contribution in [-0.2, 0) is 4.79 Å². The number of hydrogen-bond acceptors (Lipinski definition) is 2. The molecule has 0 bridgehead atoms. The summed E-state index contributed by atoms with van der Waals surface area (Å²) in [4.78, 5) is 22.5. The van der Waals surface area contributed by atoms with Gasteiger partial charge in [-0.25, -0.2) is 9.18 Å². The Morgan fingerprint density at radius 3 is 2.65 bits per heavy atom. The molecule has 0 radical (unpaired) electrons. The van der Waals surface area contributed by atoms with Gasteiger partial charge in [-0.05, 0) is 47.2 Å². The summed E-state index contributed by atoms with van der Waals surface area (Å²) in [6, 6.07) is 2.79. The standard InChI is InChI=1S/C11H11FINO3/c1-2-9(11(16)17)14-10(15)7-4-3-6(12)5-8(7)13/h3-5,9H,2H2,1H3,(H,14,15)(H,16,17). The van der Waals surface area contributed by atoms with E-state index >= 15 is 0 Å². The maximum Gasteiger partial charge on any atom is 0.326 e. The van der Waals surface area contributed by atoms with E-state index < -0.39 is 23.7 Å². The first-order chi connectivity index (χ1) is 7.95. The van der Waals surface area contributed by atoms with Crippen molar-refractivity contribution in [2.24, 2.45) is 0 Å². The van der Waals surface area contributed by atoms with Gasteiger partial charge < -0.3 is 10.4 Å². The monoisotopic (exact) mass is 351 g/mol. The summed E-state index contributed by atoms with van der Waals surface area (Å²) >= 11 is 1.83. The zero-order chi connectivity index (χ0) is 13.0. The molecule has 0 aliphatic carbocycles. The van der Waals surface area contributed by atoms with Gasteiger partial charge in [0.2, 0.25) is 0 Å². The van der Waals surface area contributed by atoms with E-state index in [1.165, 1.54) is 18.2 Å². The highest BCUT2D eigenvalue weighted by atomic mass is 127. The van der Waals surface area contributed by atoms with Crippen LogP contribution in [0.1, 0.15) is 23.7 Å². The van der Waals surface area contributed by atoms with E-state index in [4.69, 9.17) is 5.11 Å². The summed E-state index contributed by atoms with van der Waals surface area (Å²) in [6.07, 6.45) is 0.291. The van der Waals surface area contributed by atoms with Gasteiger partial charge in [-0.1, -0.05) is 6.92 Å². The Bertz CT molecular complexity index is 450. The third-order valence-corrected chi connectivity index (χ3v) is 3.08. The number of carboxylic acid groups (broad SMARTS) is 1. The minimum atomic E-state index is -1.09. The molecular weight excluding hydrogens is 340 g/mol. The second-order valence-corrected chi connectivity index (χ2v) is 4.56. The molecule has 0 aliphatic rings. The van der Waals surface area contributed by atoms with Crippen LogP contribution in [0.5, 0.6) is 0 Å². The fourth-order valence-electron chi connectivity index (χ4n) is 1.25. The molecule has 1 rings (SSSR count). The van der Waals surface area contributed by atoms with Crippen molar-refractivity contribution < 1.29 is 19.1 Å². The molecule has 0 fully saturated rings. The number of halogens is 2. The van der Waals surface area contributed by atoms with Gasteiger partial charge in [0.1, 0.15) is 11.9 Å². The van der Waals surface area contributed by atoms with Gasteiger partial charge >= 0.3 is 5.97 Å². The summed E-state index contributed by atoms with van der Waals surface area (Å²) in [5, 5.41) is 11.2. The largest absolute Gasteiger partial charge is 0.480 e. The SMILES string of the molecule is CCC(NC(=O)c1ccc(F)cc1I)C(=O)O. The molecular formula is C11H11FINO3. The lowest BCUT2D eigenvalue weighted by molar-refractivity contribution is -0.139. The molecule has 4 nitrogen and oxygen atoms in total. The summed E-state index contributed by atoms with van der Waals surface area (Å²) in [5.74, 6) is -2.03. The molecule has 1 unspecified atom stereocenters. The molecule has 2 N–H and O–H groups in total. The predicted molar refractivity (Wildman–Crippen MR) is 68.3 cm³/mol. The molecule has 0 spiro atoms. The van der Waals surface area contributed by atoms with Gasteiger partial charge in [-0.2, -0.15) is 0 Å². The van der Waals surface area contributed by atoms with Gasteiger partial charge in [0.25, 0.3) is 5.91 Å². The number of rotatable bonds is 4. The smallest absolute Gasteiger partial charge is 0.326 e. The molecule has 17 heavy (non-hydrogen) atoms. The first-order valence-electron chi connectivity index (χ1n) is 4.94. The van der Waals surface area contributed by atoms with Crippen molar-refractivity contribution in [3.8, 4) is 0 Å². The number of nitrogens with one attached hydrogen (secondary N) is 1. The first kappa shape index (κ1) is 13.9. The van der Waals surface area contributed by atoms with Crippen LogP contribution in [-0.4, -0.2) is 23.0 Å². The lowest BCUT2D eigenvalue weighted by Gasteiger charge is -2.12. The van der Waals surface area contributed by atoms with Crippen LogP contribution in [0.4, 0.5) is 4.39 Å². The number of hydrogen-bond donors (Lipinski definition) is 2. The van der Waals surface area contributed by atoms with Crippen molar-refractivity contribution in [3.05, 3.63) is 33.1 Å². The average molecular weight is 351 g/mol. The Balaban J connectivity index is 2.86. The minimum Gasteiger partial charge on any atom is -0.480 e. The lowest BCUT2D eigenvalue weighted by atomic mass is 10.1. The van der Waals surface area contributed by atoms with E-state index in [1.807, 2.05) is 22.6 Å². The summed E-state index contributed by atoms with van der Waals surface area (Å²) in [7, 11) is 0. The van der Waals surface area contributed by atoms with Crippen molar-refractivity contribution in [1.82, 2.24) is 5.32 Å². The second-order valence-electron chi connectivity index (χ2n) is 3.40. The van der Waals surface area contributed by atoms with Crippen molar-refractivity contribution in [2.45, 2.75) is 19.4 Å². The first-order valence-corrected chi connectivity index (χ1v) is 6.02. The number of benzene rings is 1. The molecule has 6 heteroatoms. The molecule has 1 amide bonds. The maximum absolute atomic E-state index is 12.8. The second kappa shape index (κ2) is 5.95. The van der Waals surface area contributed by atoms with Crippen molar-refractivity contribution in [3.63, 3.8) is 0 Å². The van der Waals surface area contributed by atoms with Crippen LogP contribution in [0, 0.1) is 9.39 Å². The Labute approximate surface area is 111 Å². The number of carbonyl (C=O) groups is 2. The Morgan fingerprint density at radius 2 is 2.18 bits per heavy atom. The highest BCUT2D eigenvalue weighted by Gasteiger charge is 2.19. The Morgan fingerprint density at radius 1 is 1.53 bits per heavy atom. The van der Waals surface area contributed by atoms with Gasteiger partial charge in [-0.3, -0.25) is 4.79 Å². The normalized spacial score (nSPS) is 11.9. The van der Waals surface area contributed by atoms with Crippen molar-refractivity contribution in [2.75, 3.05) is 0 Å². The quantitative estimate of drug-likeness (QED) is 0.816. The van der Waals surface area contributed by atoms with Crippen LogP contribution in [0.15, 0.2) is 18.2 Å². The molecule has 1 aromatic carbocycles. The molecule has 0 aromatic heterocycles. The highest BCUT2D eigenvalue weighted by molar-refractivity contribution is 14.1. The van der Waals surface area contributed by atoms with Crippen LogP contribution >= 0.6 is 22.6 Å². The van der Waals surface area contributed by atoms with E-state index in [1.54, 1.807) is 6.92 Å². The zero-order valence-corrected chi connectivity index (χ0v) is 11.2. The van der Waals surface area contributed by atoms with Crippen molar-refractivity contribution in [1.29, 1.82) is 0 Å². The van der Waals surface area contributed by atoms with Gasteiger partial charge in [0, 0.05) is 3.57 Å². The Hall–Kier alpha value is -1.18. The van der Waals surface area contributed by atoms with Gasteiger partial charge in [0.05, 0.1) is 5.56 Å². The molecule has 1 aromatic rings. The third kappa shape index (κ3) is 3.65. The zero-order valence-electron chi connectivity index (χ0n) is 9.04. The molecule has 0 aliphatic heterocycles. The van der Waals surface area contributed by atoms with E-state index in [2.05, 4.69) is 5.32 Å². The number of carbonyl (C=O) groups excluding carboxylic acids is 1. The fourth-order valence-corrected chi connectivity index (χ4v) is 1.97. The summed E-state index contributed by atoms with van der Waals surface area (Å²) in [5.41, 5.74) is 0.270. The van der Waals surface area contributed by atoms with E-state index in [9.17, 15) is 14.0 Å². The fraction of sp³-hybridized carbons (Fsp3) is 0.273. The van der Waals surface area contributed by atoms with E-state index in [0.29, 0.717) is 9.99 Å². The van der Waals surface area contributed by atoms with E-state index in [0.717, 1.165) is 0 Å². The summed E-state index contributed by atoms with van der Waals surface area (Å²) in [6.45, 7) is 1.66. The number of amides is 1. The average Bonchev–Trinajstić information content (AvgIpc) is 2.24. The predicted octanol–water partition coefficient (Wildman–Crippen LogP) is 2.02. The highest BCUT2D eigenvalue weighted by Crippen LogP contribution is 2.14. The van der Waals surface area contributed by atoms with Crippen molar-refractivity contribution >= 4 is 34.5 Å². The van der Waals surface area contributed by atoms with Crippen LogP contribution in [0.25, 0.3) is 0 Å². The van der Waals surface area contributed by atoms with Gasteiger partial charge in [0.15, 0.2) is 0 Å². The van der Waals surface area contributed by atoms with Crippen LogP contribution in [0.2, 0.25) is 0 Å². The molecule has 0 heterocycles. The molecule has 1 atom stereocenters. The van der Waals surface area contributed by atoms with Crippen LogP contribution in [0.3, 0.4) is 0 Å². The molecule has 0 saturated carbocycles. The molecule has 92 valence electrons. The number of carboxylic acids is 1. The third-order valence-electron chi connectivity index (χ3n) is 2.19. The molecule has 0 saturated heterocycles. The maximum atomic E-state index is 12.8. The van der Waals surface area contributed by atoms with Gasteiger partial charge in [-0.15, -0.1) is 0 Å². The number of aliphatic carboxylic acids is 1. The van der Waals surface area contributed by atoms with Crippen LogP contribution < -0.4 is 5.32 Å². The Kier molecular flexibility index (Phi) is 4.86. The summed E-state index contributed by atoms with van der Waals surface area (Å²) < 4.78 is 13.3. The lowest BCUT2D eigenvalue weighted by Crippen LogP contribution is -2.40. The van der Waals surface area contributed by atoms with E-state index in [-0.39, 0.29) is 5.56 Å². The topological polar surface area (TPSA) is 66.4 Å². The minimum absolute atomic E-state index is 0.270.